The third-order valence-electron chi connectivity index (χ3n) is 2.68. The molecule has 0 aliphatic carbocycles. The molecule has 1 rings (SSSR count). The van der Waals surface area contributed by atoms with Crippen LogP contribution in [-0.4, -0.2) is 47.1 Å². The molecule has 0 atom stereocenters. The minimum absolute atomic E-state index is 0.208. The molecule has 5 heteroatoms. The highest BCUT2D eigenvalue weighted by molar-refractivity contribution is 5.92. The molecule has 1 heterocycles. The summed E-state index contributed by atoms with van der Waals surface area (Å²) in [6, 6.07) is 3.64. The van der Waals surface area contributed by atoms with Crippen molar-refractivity contribution in [2.24, 2.45) is 0 Å². The van der Waals surface area contributed by atoms with Gasteiger partial charge in [0.2, 0.25) is 0 Å². The topological polar surface area (TPSA) is 65.5 Å². The van der Waals surface area contributed by atoms with E-state index in [-0.39, 0.29) is 5.56 Å². The van der Waals surface area contributed by atoms with Crippen LogP contribution in [0.25, 0.3) is 0 Å². The fourth-order valence-corrected chi connectivity index (χ4v) is 1.33. The van der Waals surface area contributed by atoms with E-state index >= 15 is 0 Å². The van der Waals surface area contributed by atoms with Crippen LogP contribution in [0.2, 0.25) is 0 Å². The summed E-state index contributed by atoms with van der Waals surface area (Å²) in [5.74, 6) is -0.532. The number of nitrogens with one attached hydrogen (secondary N) is 1. The molecule has 0 aliphatic rings. The molecule has 1 aromatic rings. The molecular weight excluding hydrogens is 218 g/mol. The molecule has 0 fully saturated rings. The van der Waals surface area contributed by atoms with Gasteiger partial charge < -0.3 is 15.3 Å². The molecule has 0 unspecified atom stereocenters. The SMILES string of the molecule is CC(C)N(C)CCNc1ncccc1C(=O)O. The first-order chi connectivity index (χ1) is 8.02. The van der Waals surface area contributed by atoms with Gasteiger partial charge >= 0.3 is 5.97 Å². The number of carboxylic acid groups (broad SMARTS) is 1. The van der Waals surface area contributed by atoms with Crippen molar-refractivity contribution in [1.29, 1.82) is 0 Å². The van der Waals surface area contributed by atoms with Crippen LogP contribution in [0.15, 0.2) is 18.3 Å². The summed E-state index contributed by atoms with van der Waals surface area (Å²) in [5, 5.41) is 12.0. The molecule has 94 valence electrons. The lowest BCUT2D eigenvalue weighted by atomic mass is 10.2. The van der Waals surface area contributed by atoms with Gasteiger partial charge in [0.05, 0.1) is 0 Å². The minimum Gasteiger partial charge on any atom is -0.478 e. The van der Waals surface area contributed by atoms with E-state index in [0.29, 0.717) is 18.4 Å². The molecule has 0 saturated carbocycles. The van der Waals surface area contributed by atoms with Gasteiger partial charge in [-0.2, -0.15) is 0 Å². The number of carbonyl (C=O) groups is 1. The van der Waals surface area contributed by atoms with Gasteiger partial charge in [0.15, 0.2) is 0 Å². The van der Waals surface area contributed by atoms with Crippen molar-refractivity contribution in [3.8, 4) is 0 Å². The molecule has 5 nitrogen and oxygen atoms in total. The van der Waals surface area contributed by atoms with E-state index in [1.165, 1.54) is 0 Å². The van der Waals surface area contributed by atoms with Gasteiger partial charge in [-0.15, -0.1) is 0 Å². The highest BCUT2D eigenvalue weighted by Gasteiger charge is 2.10. The van der Waals surface area contributed by atoms with Crippen molar-refractivity contribution >= 4 is 11.8 Å². The minimum atomic E-state index is -0.960. The second kappa shape index (κ2) is 6.20. The van der Waals surface area contributed by atoms with Crippen molar-refractivity contribution in [3.05, 3.63) is 23.9 Å². The van der Waals surface area contributed by atoms with Crippen molar-refractivity contribution in [2.75, 3.05) is 25.5 Å². The number of carboxylic acids is 1. The molecular formula is C12H19N3O2. The Morgan fingerprint density at radius 2 is 2.29 bits per heavy atom. The van der Waals surface area contributed by atoms with Crippen LogP contribution < -0.4 is 5.32 Å². The van der Waals surface area contributed by atoms with E-state index in [1.807, 2.05) is 7.05 Å². The van der Waals surface area contributed by atoms with Gasteiger partial charge in [-0.3, -0.25) is 0 Å². The van der Waals surface area contributed by atoms with Crippen LogP contribution in [0, 0.1) is 0 Å². The Hall–Kier alpha value is -1.62. The molecule has 0 saturated heterocycles. The maximum atomic E-state index is 10.9. The average Bonchev–Trinajstić information content (AvgIpc) is 2.29. The summed E-state index contributed by atoms with van der Waals surface area (Å²) in [6.45, 7) is 5.74. The van der Waals surface area contributed by atoms with Crippen molar-refractivity contribution in [1.82, 2.24) is 9.88 Å². The normalized spacial score (nSPS) is 10.9. The molecule has 0 bridgehead atoms. The smallest absolute Gasteiger partial charge is 0.339 e. The molecule has 0 radical (unpaired) electrons. The third kappa shape index (κ3) is 4.03. The number of pyridine rings is 1. The summed E-state index contributed by atoms with van der Waals surface area (Å²) in [7, 11) is 2.03. The Balaban J connectivity index is 2.55. The maximum absolute atomic E-state index is 10.9. The summed E-state index contributed by atoms with van der Waals surface area (Å²) in [4.78, 5) is 17.1. The van der Waals surface area contributed by atoms with Crippen LogP contribution in [0.3, 0.4) is 0 Å². The monoisotopic (exact) mass is 237 g/mol. The highest BCUT2D eigenvalue weighted by Crippen LogP contribution is 2.10. The number of hydrogen-bond donors (Lipinski definition) is 2. The zero-order valence-corrected chi connectivity index (χ0v) is 10.5. The molecule has 1 aromatic heterocycles. The highest BCUT2D eigenvalue weighted by atomic mass is 16.4. The summed E-state index contributed by atoms with van der Waals surface area (Å²) < 4.78 is 0. The molecule has 2 N–H and O–H groups in total. The number of likely N-dealkylation sites (N-methyl/N-ethyl adjacent to an activating group) is 1. The first kappa shape index (κ1) is 13.4. The number of hydrogen-bond acceptors (Lipinski definition) is 4. The maximum Gasteiger partial charge on any atom is 0.339 e. The molecule has 0 aliphatic heterocycles. The van der Waals surface area contributed by atoms with E-state index in [9.17, 15) is 4.79 Å². The van der Waals surface area contributed by atoms with Gasteiger partial charge in [0, 0.05) is 25.3 Å². The molecule has 0 spiro atoms. The Morgan fingerprint density at radius 1 is 1.59 bits per heavy atom. The number of anilines is 1. The Morgan fingerprint density at radius 3 is 2.88 bits per heavy atom. The molecule has 17 heavy (non-hydrogen) atoms. The van der Waals surface area contributed by atoms with Gasteiger partial charge in [-0.25, -0.2) is 9.78 Å². The van der Waals surface area contributed by atoms with Gasteiger partial charge in [0.1, 0.15) is 11.4 Å². The summed E-state index contributed by atoms with van der Waals surface area (Å²) in [6.07, 6.45) is 1.58. The van der Waals surface area contributed by atoms with E-state index in [4.69, 9.17) is 5.11 Å². The Labute approximate surface area is 101 Å². The number of rotatable bonds is 6. The number of nitrogens with zero attached hydrogens (tertiary/aromatic N) is 2. The Bertz CT molecular complexity index is 380. The lowest BCUT2D eigenvalue weighted by molar-refractivity contribution is 0.0697. The summed E-state index contributed by atoms with van der Waals surface area (Å²) >= 11 is 0. The van der Waals surface area contributed by atoms with Gasteiger partial charge in [-0.1, -0.05) is 0 Å². The first-order valence-electron chi connectivity index (χ1n) is 5.64. The van der Waals surface area contributed by atoms with E-state index in [2.05, 4.69) is 29.0 Å². The Kier molecular flexibility index (Phi) is 4.90. The predicted molar refractivity (Wildman–Crippen MR) is 67.5 cm³/mol. The van der Waals surface area contributed by atoms with Gasteiger partial charge in [-0.05, 0) is 33.0 Å². The predicted octanol–water partition coefficient (Wildman–Crippen LogP) is 1.53. The van der Waals surface area contributed by atoms with E-state index in [0.717, 1.165) is 6.54 Å². The first-order valence-corrected chi connectivity index (χ1v) is 5.64. The average molecular weight is 237 g/mol. The van der Waals surface area contributed by atoms with Crippen LogP contribution in [0.1, 0.15) is 24.2 Å². The van der Waals surface area contributed by atoms with Crippen LogP contribution in [-0.2, 0) is 0 Å². The third-order valence-corrected chi connectivity index (χ3v) is 2.68. The number of aromatic carboxylic acids is 1. The van der Waals surface area contributed by atoms with E-state index < -0.39 is 5.97 Å². The molecule has 0 amide bonds. The van der Waals surface area contributed by atoms with Crippen LogP contribution in [0.5, 0.6) is 0 Å². The fourth-order valence-electron chi connectivity index (χ4n) is 1.33. The zero-order chi connectivity index (χ0) is 12.8. The van der Waals surface area contributed by atoms with Crippen LogP contribution >= 0.6 is 0 Å². The largest absolute Gasteiger partial charge is 0.478 e. The van der Waals surface area contributed by atoms with Crippen LogP contribution in [0.4, 0.5) is 5.82 Å². The fraction of sp³-hybridized carbons (Fsp3) is 0.500. The quantitative estimate of drug-likeness (QED) is 0.785. The number of aromatic nitrogens is 1. The van der Waals surface area contributed by atoms with Gasteiger partial charge in [0.25, 0.3) is 0 Å². The second-order valence-electron chi connectivity index (χ2n) is 4.21. The molecule has 0 aromatic carbocycles. The lowest BCUT2D eigenvalue weighted by Crippen LogP contribution is -2.31. The van der Waals surface area contributed by atoms with E-state index in [1.54, 1.807) is 18.3 Å². The van der Waals surface area contributed by atoms with Crippen molar-refractivity contribution in [3.63, 3.8) is 0 Å². The van der Waals surface area contributed by atoms with Crippen molar-refractivity contribution in [2.45, 2.75) is 19.9 Å². The summed E-state index contributed by atoms with van der Waals surface area (Å²) in [5.41, 5.74) is 0.208. The standard InChI is InChI=1S/C12H19N3O2/c1-9(2)15(3)8-7-14-11-10(12(16)17)5-4-6-13-11/h4-6,9H,7-8H2,1-3H3,(H,13,14)(H,16,17). The lowest BCUT2D eigenvalue weighted by Gasteiger charge is -2.21. The zero-order valence-electron chi connectivity index (χ0n) is 10.5. The van der Waals surface area contributed by atoms with Crippen molar-refractivity contribution < 1.29 is 9.90 Å². The second-order valence-corrected chi connectivity index (χ2v) is 4.21.